The van der Waals surface area contributed by atoms with E-state index in [0.29, 0.717) is 6.04 Å². The first-order valence-corrected chi connectivity index (χ1v) is 7.91. The Morgan fingerprint density at radius 2 is 2.05 bits per heavy atom. The second kappa shape index (κ2) is 6.88. The predicted molar refractivity (Wildman–Crippen MR) is 85.0 cm³/mol. The highest BCUT2D eigenvalue weighted by Crippen LogP contribution is 2.25. The molecule has 0 saturated heterocycles. The van der Waals surface area contributed by atoms with Crippen molar-refractivity contribution < 1.29 is 0 Å². The molecule has 19 heavy (non-hydrogen) atoms. The fourth-order valence-electron chi connectivity index (χ4n) is 2.38. The quantitative estimate of drug-likeness (QED) is 0.808. The second-order valence-corrected chi connectivity index (χ2v) is 6.18. The Morgan fingerprint density at radius 1 is 1.21 bits per heavy atom. The van der Waals surface area contributed by atoms with Gasteiger partial charge in [-0.25, -0.2) is 0 Å². The normalized spacial score (nSPS) is 12.6. The van der Waals surface area contributed by atoms with Gasteiger partial charge in [-0.15, -0.1) is 11.3 Å². The van der Waals surface area contributed by atoms with E-state index in [0.717, 1.165) is 13.0 Å². The molecule has 0 aliphatic heterocycles. The Bertz CT molecular complexity index is 502. The number of aryl methyl sites for hydroxylation is 2. The molecule has 2 heteroatoms. The highest BCUT2D eigenvalue weighted by molar-refractivity contribution is 7.09. The molecule has 102 valence electrons. The maximum absolute atomic E-state index is 3.70. The number of thiophene rings is 1. The molecular formula is C17H23NS. The minimum absolute atomic E-state index is 0.429. The minimum Gasteiger partial charge on any atom is -0.310 e. The van der Waals surface area contributed by atoms with E-state index in [-0.39, 0.29) is 0 Å². The van der Waals surface area contributed by atoms with E-state index in [2.05, 4.69) is 61.8 Å². The lowest BCUT2D eigenvalue weighted by molar-refractivity contribution is 0.530. The molecule has 1 heterocycles. The molecule has 1 aromatic heterocycles. The zero-order valence-electron chi connectivity index (χ0n) is 12.1. The van der Waals surface area contributed by atoms with Gasteiger partial charge in [-0.1, -0.05) is 36.8 Å². The van der Waals surface area contributed by atoms with Crippen LogP contribution in [0.25, 0.3) is 0 Å². The molecule has 1 aromatic carbocycles. The third kappa shape index (κ3) is 3.92. The van der Waals surface area contributed by atoms with Crippen LogP contribution in [0.4, 0.5) is 0 Å². The molecule has 1 atom stereocenters. The molecule has 2 aromatic rings. The van der Waals surface area contributed by atoms with Crippen molar-refractivity contribution >= 4 is 11.3 Å². The summed E-state index contributed by atoms with van der Waals surface area (Å²) in [7, 11) is 0. The average molecular weight is 273 g/mol. The van der Waals surface area contributed by atoms with Gasteiger partial charge in [0.15, 0.2) is 0 Å². The van der Waals surface area contributed by atoms with Crippen molar-refractivity contribution in [1.29, 1.82) is 0 Å². The van der Waals surface area contributed by atoms with Gasteiger partial charge in [0, 0.05) is 17.3 Å². The number of benzene rings is 1. The van der Waals surface area contributed by atoms with Crippen molar-refractivity contribution in [2.24, 2.45) is 0 Å². The molecule has 1 unspecified atom stereocenters. The smallest absolute Gasteiger partial charge is 0.0371 e. The third-order valence-electron chi connectivity index (χ3n) is 3.44. The van der Waals surface area contributed by atoms with Crippen molar-refractivity contribution in [2.75, 3.05) is 6.54 Å². The molecule has 0 spiro atoms. The lowest BCUT2D eigenvalue weighted by Crippen LogP contribution is -2.24. The van der Waals surface area contributed by atoms with Crippen LogP contribution in [0.3, 0.4) is 0 Å². The average Bonchev–Trinajstić information content (AvgIpc) is 2.90. The van der Waals surface area contributed by atoms with E-state index in [9.17, 15) is 0 Å². The van der Waals surface area contributed by atoms with Crippen LogP contribution in [0, 0.1) is 13.8 Å². The van der Waals surface area contributed by atoms with Crippen LogP contribution >= 0.6 is 11.3 Å². The van der Waals surface area contributed by atoms with E-state index < -0.39 is 0 Å². The van der Waals surface area contributed by atoms with E-state index >= 15 is 0 Å². The Hall–Kier alpha value is -1.12. The van der Waals surface area contributed by atoms with Gasteiger partial charge in [0.1, 0.15) is 0 Å². The van der Waals surface area contributed by atoms with E-state index in [1.165, 1.54) is 28.0 Å². The summed E-state index contributed by atoms with van der Waals surface area (Å²) in [5.74, 6) is 0. The van der Waals surface area contributed by atoms with Gasteiger partial charge in [0.25, 0.3) is 0 Å². The number of hydrogen-bond acceptors (Lipinski definition) is 2. The predicted octanol–water partition coefficient (Wildman–Crippen LogP) is 4.65. The maximum atomic E-state index is 3.70. The van der Waals surface area contributed by atoms with E-state index in [1.807, 2.05) is 11.3 Å². The van der Waals surface area contributed by atoms with Crippen molar-refractivity contribution in [3.8, 4) is 0 Å². The molecule has 0 fully saturated rings. The third-order valence-corrected chi connectivity index (χ3v) is 4.34. The van der Waals surface area contributed by atoms with Crippen molar-refractivity contribution in [3.05, 3.63) is 57.3 Å². The fraction of sp³-hybridized carbons (Fsp3) is 0.412. The number of rotatable bonds is 6. The summed E-state index contributed by atoms with van der Waals surface area (Å²) in [6.07, 6.45) is 2.26. The van der Waals surface area contributed by atoms with Crippen molar-refractivity contribution in [3.63, 3.8) is 0 Å². The van der Waals surface area contributed by atoms with Gasteiger partial charge in [-0.05, 0) is 49.4 Å². The Morgan fingerprint density at radius 3 is 2.74 bits per heavy atom. The largest absolute Gasteiger partial charge is 0.310 e. The molecule has 0 saturated carbocycles. The van der Waals surface area contributed by atoms with Crippen LogP contribution in [-0.4, -0.2) is 6.54 Å². The highest BCUT2D eigenvalue weighted by atomic mass is 32.1. The summed E-state index contributed by atoms with van der Waals surface area (Å²) in [5, 5.41) is 5.86. The summed E-state index contributed by atoms with van der Waals surface area (Å²) in [6.45, 7) is 7.68. The molecule has 0 radical (unpaired) electrons. The molecule has 2 rings (SSSR count). The Balaban J connectivity index is 2.23. The topological polar surface area (TPSA) is 12.0 Å². The zero-order chi connectivity index (χ0) is 13.7. The van der Waals surface area contributed by atoms with E-state index in [4.69, 9.17) is 0 Å². The van der Waals surface area contributed by atoms with Gasteiger partial charge in [-0.3, -0.25) is 0 Å². The Kier molecular flexibility index (Phi) is 5.17. The van der Waals surface area contributed by atoms with Crippen molar-refractivity contribution in [2.45, 2.75) is 39.7 Å². The minimum atomic E-state index is 0.429. The van der Waals surface area contributed by atoms with Gasteiger partial charge >= 0.3 is 0 Å². The summed E-state index contributed by atoms with van der Waals surface area (Å²) >= 11 is 1.85. The number of hydrogen-bond donors (Lipinski definition) is 1. The summed E-state index contributed by atoms with van der Waals surface area (Å²) < 4.78 is 0. The molecule has 1 N–H and O–H groups in total. The number of nitrogens with one attached hydrogen (secondary N) is 1. The summed E-state index contributed by atoms with van der Waals surface area (Å²) in [5.41, 5.74) is 4.17. The zero-order valence-corrected chi connectivity index (χ0v) is 12.9. The molecule has 0 amide bonds. The molecule has 0 aliphatic rings. The molecular weight excluding hydrogens is 250 g/mol. The molecule has 0 aliphatic carbocycles. The van der Waals surface area contributed by atoms with Crippen molar-refractivity contribution in [1.82, 2.24) is 5.32 Å². The van der Waals surface area contributed by atoms with Crippen LogP contribution in [0.2, 0.25) is 0 Å². The van der Waals surface area contributed by atoms with Crippen LogP contribution < -0.4 is 5.32 Å². The first-order valence-electron chi connectivity index (χ1n) is 7.03. The molecule has 0 bridgehead atoms. The fourth-order valence-corrected chi connectivity index (χ4v) is 3.13. The van der Waals surface area contributed by atoms with E-state index in [1.54, 1.807) is 0 Å². The monoisotopic (exact) mass is 273 g/mol. The lowest BCUT2D eigenvalue weighted by atomic mass is 9.96. The highest BCUT2D eigenvalue weighted by Gasteiger charge is 2.14. The first kappa shape index (κ1) is 14.3. The van der Waals surface area contributed by atoms with Gasteiger partial charge in [0.2, 0.25) is 0 Å². The standard InChI is InChI=1S/C17H23NS/c1-4-9-18-17(12-15-6-5-10-19-15)16-11-13(2)7-8-14(16)3/h5-8,10-11,17-18H,4,9,12H2,1-3H3. The van der Waals surface area contributed by atoms with Gasteiger partial charge in [-0.2, -0.15) is 0 Å². The van der Waals surface area contributed by atoms with Crippen LogP contribution in [0.1, 0.15) is 41.0 Å². The molecule has 1 nitrogen and oxygen atoms in total. The van der Waals surface area contributed by atoms with Crippen LogP contribution in [0.5, 0.6) is 0 Å². The second-order valence-electron chi connectivity index (χ2n) is 5.15. The lowest BCUT2D eigenvalue weighted by Gasteiger charge is -2.21. The van der Waals surface area contributed by atoms with Crippen LogP contribution in [0.15, 0.2) is 35.7 Å². The summed E-state index contributed by atoms with van der Waals surface area (Å²) in [4.78, 5) is 1.45. The van der Waals surface area contributed by atoms with Gasteiger partial charge in [0.05, 0.1) is 0 Å². The van der Waals surface area contributed by atoms with Crippen LogP contribution in [-0.2, 0) is 6.42 Å². The Labute approximate surface area is 120 Å². The first-order chi connectivity index (χ1) is 9.20. The summed E-state index contributed by atoms with van der Waals surface area (Å²) in [6, 6.07) is 11.6. The maximum Gasteiger partial charge on any atom is 0.0371 e. The SMILES string of the molecule is CCCNC(Cc1cccs1)c1cc(C)ccc1C. The van der Waals surface area contributed by atoms with Gasteiger partial charge < -0.3 is 5.32 Å².